The lowest BCUT2D eigenvalue weighted by Crippen LogP contribution is -2.47. The highest BCUT2D eigenvalue weighted by Gasteiger charge is 2.20. The minimum absolute atomic E-state index is 0.0153. The number of likely N-dealkylation sites (N-methyl/N-ethyl adjacent to an activating group) is 1. The van der Waals surface area contributed by atoms with E-state index in [2.05, 4.69) is 15.6 Å². The van der Waals surface area contributed by atoms with Gasteiger partial charge in [0.1, 0.15) is 0 Å². The van der Waals surface area contributed by atoms with E-state index >= 15 is 0 Å². The van der Waals surface area contributed by atoms with Crippen LogP contribution < -0.4 is 10.6 Å². The molecule has 0 saturated carbocycles. The molecule has 0 unspecified atom stereocenters. The van der Waals surface area contributed by atoms with Crippen molar-refractivity contribution in [3.63, 3.8) is 0 Å². The number of hydrogen-bond acceptors (Lipinski definition) is 3. The van der Waals surface area contributed by atoms with E-state index in [9.17, 15) is 4.79 Å². The van der Waals surface area contributed by atoms with E-state index in [1.807, 2.05) is 26.0 Å². The van der Waals surface area contributed by atoms with Crippen molar-refractivity contribution in [3.8, 4) is 0 Å². The summed E-state index contributed by atoms with van der Waals surface area (Å²) >= 11 is 0. The molecule has 88 valence electrons. The molecular formula is C12H19N3O. The normalized spacial score (nSPS) is 11.2. The van der Waals surface area contributed by atoms with Crippen molar-refractivity contribution in [1.29, 1.82) is 0 Å². The van der Waals surface area contributed by atoms with Crippen LogP contribution in [0.2, 0.25) is 0 Å². The topological polar surface area (TPSA) is 54.0 Å². The summed E-state index contributed by atoms with van der Waals surface area (Å²) in [6, 6.07) is 3.93. The van der Waals surface area contributed by atoms with Gasteiger partial charge in [-0.2, -0.15) is 0 Å². The fourth-order valence-corrected chi connectivity index (χ4v) is 1.64. The van der Waals surface area contributed by atoms with Crippen LogP contribution in [0.15, 0.2) is 24.5 Å². The van der Waals surface area contributed by atoms with E-state index < -0.39 is 0 Å². The summed E-state index contributed by atoms with van der Waals surface area (Å²) in [4.78, 5) is 15.4. The molecule has 1 rings (SSSR count). The Balaban J connectivity index is 2.54. The highest BCUT2D eigenvalue weighted by atomic mass is 16.2. The lowest BCUT2D eigenvalue weighted by molar-refractivity contribution is -0.121. The van der Waals surface area contributed by atoms with Gasteiger partial charge in [0.05, 0.1) is 6.54 Å². The quantitative estimate of drug-likeness (QED) is 0.771. The van der Waals surface area contributed by atoms with Crippen LogP contribution in [0.4, 0.5) is 0 Å². The second-order valence-electron chi connectivity index (χ2n) is 4.49. The summed E-state index contributed by atoms with van der Waals surface area (Å²) in [5, 5.41) is 5.82. The first-order valence-electron chi connectivity index (χ1n) is 5.38. The molecule has 0 bridgehead atoms. The fraction of sp³-hybridized carbons (Fsp3) is 0.500. The average Bonchev–Trinajstić information content (AvgIpc) is 2.17. The molecule has 0 atom stereocenters. The molecule has 0 aliphatic carbocycles. The highest BCUT2D eigenvalue weighted by molar-refractivity contribution is 5.78. The molecular weight excluding hydrogens is 202 g/mol. The molecule has 16 heavy (non-hydrogen) atoms. The van der Waals surface area contributed by atoms with Gasteiger partial charge in [-0.25, -0.2) is 0 Å². The lowest BCUT2D eigenvalue weighted by atomic mass is 9.95. The fourth-order valence-electron chi connectivity index (χ4n) is 1.64. The molecule has 2 N–H and O–H groups in total. The molecule has 1 aromatic rings. The summed E-state index contributed by atoms with van der Waals surface area (Å²) in [5.74, 6) is 0.0153. The van der Waals surface area contributed by atoms with Crippen molar-refractivity contribution in [2.24, 2.45) is 0 Å². The van der Waals surface area contributed by atoms with Crippen molar-refractivity contribution in [3.05, 3.63) is 30.1 Å². The summed E-state index contributed by atoms with van der Waals surface area (Å²) in [6.45, 7) is 4.38. The highest BCUT2D eigenvalue weighted by Crippen LogP contribution is 2.11. The van der Waals surface area contributed by atoms with Crippen LogP contribution in [0.25, 0.3) is 0 Å². The van der Waals surface area contributed by atoms with E-state index in [0.29, 0.717) is 6.54 Å². The lowest BCUT2D eigenvalue weighted by Gasteiger charge is -2.26. The van der Waals surface area contributed by atoms with Crippen molar-refractivity contribution >= 4 is 5.91 Å². The van der Waals surface area contributed by atoms with Gasteiger partial charge in [-0.05, 0) is 45.0 Å². The summed E-state index contributed by atoms with van der Waals surface area (Å²) in [5.41, 5.74) is 0.930. The van der Waals surface area contributed by atoms with Crippen LogP contribution in [0.3, 0.4) is 0 Å². The van der Waals surface area contributed by atoms with Crippen LogP contribution in [-0.2, 0) is 11.2 Å². The number of nitrogens with one attached hydrogen (secondary N) is 2. The third kappa shape index (κ3) is 4.40. The van der Waals surface area contributed by atoms with Gasteiger partial charge in [-0.3, -0.25) is 9.78 Å². The van der Waals surface area contributed by atoms with Crippen LogP contribution in [0.1, 0.15) is 19.4 Å². The van der Waals surface area contributed by atoms with Gasteiger partial charge >= 0.3 is 0 Å². The molecule has 0 spiro atoms. The minimum Gasteiger partial charge on any atom is -0.350 e. The summed E-state index contributed by atoms with van der Waals surface area (Å²) in [7, 11) is 1.76. The van der Waals surface area contributed by atoms with Gasteiger partial charge < -0.3 is 10.6 Å². The van der Waals surface area contributed by atoms with Gasteiger partial charge in [0.2, 0.25) is 5.91 Å². The van der Waals surface area contributed by atoms with Gasteiger partial charge in [0.25, 0.3) is 0 Å². The Bertz CT molecular complexity index is 335. The Morgan fingerprint density at radius 1 is 1.38 bits per heavy atom. The van der Waals surface area contributed by atoms with Crippen LogP contribution >= 0.6 is 0 Å². The van der Waals surface area contributed by atoms with Gasteiger partial charge in [-0.15, -0.1) is 0 Å². The van der Waals surface area contributed by atoms with Gasteiger partial charge in [-0.1, -0.05) is 0 Å². The first-order valence-corrected chi connectivity index (χ1v) is 5.38. The largest absolute Gasteiger partial charge is 0.350 e. The Kier molecular flexibility index (Phi) is 4.43. The first kappa shape index (κ1) is 12.6. The van der Waals surface area contributed by atoms with Gasteiger partial charge in [0.15, 0.2) is 0 Å². The predicted octanol–water partition coefficient (Wildman–Crippen LogP) is 0.738. The van der Waals surface area contributed by atoms with E-state index in [1.54, 1.807) is 19.4 Å². The van der Waals surface area contributed by atoms with Crippen molar-refractivity contribution in [2.75, 3.05) is 13.6 Å². The number of rotatable bonds is 5. The molecule has 1 aromatic heterocycles. The average molecular weight is 221 g/mol. The smallest absolute Gasteiger partial charge is 0.234 e. The maximum atomic E-state index is 11.5. The molecule has 0 aliphatic heterocycles. The summed E-state index contributed by atoms with van der Waals surface area (Å²) in [6.07, 6.45) is 4.33. The Labute approximate surface area is 96.5 Å². The zero-order valence-electron chi connectivity index (χ0n) is 10.1. The monoisotopic (exact) mass is 221 g/mol. The van der Waals surface area contributed by atoms with Crippen LogP contribution in [0.5, 0.6) is 0 Å². The van der Waals surface area contributed by atoms with E-state index in [1.165, 1.54) is 5.56 Å². The predicted molar refractivity (Wildman–Crippen MR) is 64.1 cm³/mol. The second-order valence-corrected chi connectivity index (χ2v) is 4.49. The minimum atomic E-state index is -0.241. The molecule has 0 aliphatic rings. The van der Waals surface area contributed by atoms with Crippen LogP contribution in [-0.4, -0.2) is 30.0 Å². The Hall–Kier alpha value is -1.42. The van der Waals surface area contributed by atoms with E-state index in [-0.39, 0.29) is 11.4 Å². The number of carbonyl (C=O) groups excluding carboxylic acids is 1. The van der Waals surface area contributed by atoms with Crippen molar-refractivity contribution < 1.29 is 4.79 Å². The standard InChI is InChI=1S/C12H19N3O/c1-12(2,15-11(16)9-13-3)8-10-4-6-14-7-5-10/h4-7,13H,8-9H2,1-3H3,(H,15,16). The molecule has 4 nitrogen and oxygen atoms in total. The molecule has 0 fully saturated rings. The summed E-state index contributed by atoms with van der Waals surface area (Å²) < 4.78 is 0. The number of aromatic nitrogens is 1. The third-order valence-electron chi connectivity index (χ3n) is 2.21. The number of hydrogen-bond donors (Lipinski definition) is 2. The van der Waals surface area contributed by atoms with E-state index in [4.69, 9.17) is 0 Å². The number of carbonyl (C=O) groups is 1. The maximum absolute atomic E-state index is 11.5. The van der Waals surface area contributed by atoms with Crippen LogP contribution in [0, 0.1) is 0 Å². The number of pyridine rings is 1. The molecule has 0 saturated heterocycles. The molecule has 4 heteroatoms. The molecule has 0 radical (unpaired) electrons. The Morgan fingerprint density at radius 2 is 2.00 bits per heavy atom. The maximum Gasteiger partial charge on any atom is 0.234 e. The van der Waals surface area contributed by atoms with Crippen molar-refractivity contribution in [1.82, 2.24) is 15.6 Å². The number of amides is 1. The van der Waals surface area contributed by atoms with E-state index in [0.717, 1.165) is 6.42 Å². The molecule has 0 aromatic carbocycles. The van der Waals surface area contributed by atoms with Crippen molar-refractivity contribution in [2.45, 2.75) is 25.8 Å². The zero-order valence-corrected chi connectivity index (χ0v) is 10.1. The van der Waals surface area contributed by atoms with Gasteiger partial charge in [0, 0.05) is 17.9 Å². The SMILES string of the molecule is CNCC(=O)NC(C)(C)Cc1ccncc1. The third-order valence-corrected chi connectivity index (χ3v) is 2.21. The zero-order chi connectivity index (χ0) is 12.0. The Morgan fingerprint density at radius 3 is 2.56 bits per heavy atom. The molecule has 1 heterocycles. The molecule has 1 amide bonds. The number of nitrogens with zero attached hydrogens (tertiary/aromatic N) is 1. The first-order chi connectivity index (χ1) is 7.53. The second kappa shape index (κ2) is 5.61.